The molecule has 0 radical (unpaired) electrons. The third-order valence-corrected chi connectivity index (χ3v) is 6.10. The minimum absolute atomic E-state index is 0.0613. The maximum Gasteiger partial charge on any atom is 0.312 e. The summed E-state index contributed by atoms with van der Waals surface area (Å²) >= 11 is 0. The number of rotatable bonds is 9. The lowest BCUT2D eigenvalue weighted by atomic mass is 9.70. The molecule has 3 fully saturated rings. The zero-order valence-electron chi connectivity index (χ0n) is 17.0. The molecular formula is C20H32N2O6. The molecule has 8 heteroatoms. The SMILES string of the molecule is CCOC(=O)[C@@H]1[C@H]2C(=O)N(CCCCCO)[C@H](C(=O)NC(C)C)[C@]23CC[C@H]1O3. The van der Waals surface area contributed by atoms with Crippen LogP contribution in [-0.4, -0.2) is 71.3 Å². The van der Waals surface area contributed by atoms with Crippen LogP contribution in [0.4, 0.5) is 0 Å². The number of ether oxygens (including phenoxy) is 2. The van der Waals surface area contributed by atoms with E-state index >= 15 is 0 Å². The fourth-order valence-corrected chi connectivity index (χ4v) is 5.13. The Hall–Kier alpha value is -1.67. The van der Waals surface area contributed by atoms with Crippen molar-refractivity contribution in [2.45, 2.75) is 76.7 Å². The van der Waals surface area contributed by atoms with Gasteiger partial charge in [-0.3, -0.25) is 14.4 Å². The molecule has 3 rings (SSSR count). The number of carbonyl (C=O) groups excluding carboxylic acids is 3. The molecule has 158 valence electrons. The first kappa shape index (κ1) is 21.0. The molecule has 0 aromatic carbocycles. The lowest BCUT2D eigenvalue weighted by molar-refractivity contribution is -0.154. The number of fused-ring (bicyclic) bond motifs is 1. The summed E-state index contributed by atoms with van der Waals surface area (Å²) in [6.07, 6.45) is 2.99. The van der Waals surface area contributed by atoms with E-state index in [4.69, 9.17) is 14.6 Å². The maximum absolute atomic E-state index is 13.4. The highest BCUT2D eigenvalue weighted by Gasteiger charge is 2.74. The van der Waals surface area contributed by atoms with Gasteiger partial charge in [0.1, 0.15) is 11.6 Å². The number of carbonyl (C=O) groups is 3. The predicted octanol–water partition coefficient (Wildman–Crippen LogP) is 0.611. The summed E-state index contributed by atoms with van der Waals surface area (Å²) in [5, 5.41) is 11.9. The second-order valence-corrected chi connectivity index (χ2v) is 8.29. The fraction of sp³-hybridized carbons (Fsp3) is 0.850. The lowest BCUT2D eigenvalue weighted by Gasteiger charge is -2.33. The van der Waals surface area contributed by atoms with Crippen molar-refractivity contribution in [3.05, 3.63) is 0 Å². The van der Waals surface area contributed by atoms with Crippen LogP contribution >= 0.6 is 0 Å². The van der Waals surface area contributed by atoms with E-state index in [1.54, 1.807) is 11.8 Å². The number of aliphatic hydroxyl groups excluding tert-OH is 1. The van der Waals surface area contributed by atoms with E-state index in [1.807, 2.05) is 13.8 Å². The van der Waals surface area contributed by atoms with Crippen molar-refractivity contribution in [2.24, 2.45) is 11.8 Å². The lowest BCUT2D eigenvalue weighted by Crippen LogP contribution is -2.56. The summed E-state index contributed by atoms with van der Waals surface area (Å²) in [4.78, 5) is 40.6. The fourth-order valence-electron chi connectivity index (χ4n) is 5.13. The summed E-state index contributed by atoms with van der Waals surface area (Å²) < 4.78 is 11.5. The Labute approximate surface area is 165 Å². The van der Waals surface area contributed by atoms with Gasteiger partial charge in [-0.15, -0.1) is 0 Å². The Balaban J connectivity index is 1.89. The number of likely N-dealkylation sites (tertiary alicyclic amines) is 1. The van der Waals surface area contributed by atoms with E-state index in [0.29, 0.717) is 32.2 Å². The van der Waals surface area contributed by atoms with E-state index in [0.717, 1.165) is 6.42 Å². The second kappa shape index (κ2) is 8.37. The van der Waals surface area contributed by atoms with Gasteiger partial charge in [0.15, 0.2) is 0 Å². The number of aliphatic hydroxyl groups is 1. The van der Waals surface area contributed by atoms with Gasteiger partial charge in [-0.1, -0.05) is 0 Å². The number of unbranched alkanes of at least 4 members (excludes halogenated alkanes) is 2. The first-order chi connectivity index (χ1) is 13.4. The molecule has 2 bridgehead atoms. The van der Waals surface area contributed by atoms with E-state index in [-0.39, 0.29) is 37.2 Å². The molecular weight excluding hydrogens is 364 g/mol. The predicted molar refractivity (Wildman–Crippen MR) is 100 cm³/mol. The molecule has 3 saturated heterocycles. The van der Waals surface area contributed by atoms with E-state index in [1.165, 1.54) is 0 Å². The molecule has 2 N–H and O–H groups in total. The standard InChI is InChI=1S/C20H32N2O6/c1-4-27-19(26)14-13-8-9-20(28-13)15(14)18(25)22(10-6-5-7-11-23)16(20)17(24)21-12(2)3/h12-16,23H,4-11H2,1-3H3,(H,21,24)/t13-,14+,15+,16-,20+/m1/s1. The minimum atomic E-state index is -0.949. The number of amides is 2. The molecule has 1 spiro atoms. The van der Waals surface area contributed by atoms with Gasteiger partial charge in [-0.25, -0.2) is 0 Å². The van der Waals surface area contributed by atoms with Gasteiger partial charge in [0.2, 0.25) is 11.8 Å². The van der Waals surface area contributed by atoms with Crippen LogP contribution in [0.3, 0.4) is 0 Å². The average Bonchev–Trinajstić information content (AvgIpc) is 3.26. The molecule has 5 atom stereocenters. The summed E-state index contributed by atoms with van der Waals surface area (Å²) in [7, 11) is 0. The van der Waals surface area contributed by atoms with E-state index < -0.39 is 29.4 Å². The van der Waals surface area contributed by atoms with E-state index in [2.05, 4.69) is 5.32 Å². The molecule has 0 unspecified atom stereocenters. The van der Waals surface area contributed by atoms with Crippen LogP contribution in [0.25, 0.3) is 0 Å². The Morgan fingerprint density at radius 3 is 2.75 bits per heavy atom. The molecule has 0 aromatic heterocycles. The molecule has 0 aromatic rings. The van der Waals surface area contributed by atoms with Crippen LogP contribution in [0.2, 0.25) is 0 Å². The molecule has 0 saturated carbocycles. The van der Waals surface area contributed by atoms with Gasteiger partial charge in [-0.2, -0.15) is 0 Å². The largest absolute Gasteiger partial charge is 0.466 e. The van der Waals surface area contributed by atoms with Crippen LogP contribution in [0.5, 0.6) is 0 Å². The van der Waals surface area contributed by atoms with Crippen molar-refractivity contribution in [2.75, 3.05) is 19.8 Å². The number of nitrogens with zero attached hydrogens (tertiary/aromatic N) is 1. The van der Waals surface area contributed by atoms with Crippen molar-refractivity contribution in [1.82, 2.24) is 10.2 Å². The molecule has 3 aliphatic heterocycles. The van der Waals surface area contributed by atoms with Gasteiger partial charge in [-0.05, 0) is 52.9 Å². The third kappa shape index (κ3) is 3.41. The van der Waals surface area contributed by atoms with E-state index in [9.17, 15) is 14.4 Å². The smallest absolute Gasteiger partial charge is 0.312 e. The Bertz CT molecular complexity index is 624. The van der Waals surface area contributed by atoms with Gasteiger partial charge in [0, 0.05) is 19.2 Å². The zero-order chi connectivity index (χ0) is 20.5. The van der Waals surface area contributed by atoms with Gasteiger partial charge in [0.25, 0.3) is 0 Å². The van der Waals surface area contributed by atoms with Crippen molar-refractivity contribution < 1.29 is 29.0 Å². The van der Waals surface area contributed by atoms with Crippen LogP contribution in [0, 0.1) is 11.8 Å². The van der Waals surface area contributed by atoms with Crippen molar-refractivity contribution in [3.63, 3.8) is 0 Å². The second-order valence-electron chi connectivity index (χ2n) is 8.29. The van der Waals surface area contributed by atoms with Crippen LogP contribution in [0.1, 0.15) is 52.9 Å². The molecule has 3 heterocycles. The first-order valence-corrected chi connectivity index (χ1v) is 10.4. The number of nitrogens with one attached hydrogen (secondary N) is 1. The molecule has 28 heavy (non-hydrogen) atoms. The summed E-state index contributed by atoms with van der Waals surface area (Å²) in [5.74, 6) is -2.12. The van der Waals surface area contributed by atoms with Crippen LogP contribution in [0.15, 0.2) is 0 Å². The summed E-state index contributed by atoms with van der Waals surface area (Å²) in [6, 6.07) is -0.792. The quantitative estimate of drug-likeness (QED) is 0.437. The molecule has 2 amide bonds. The molecule has 8 nitrogen and oxygen atoms in total. The van der Waals surface area contributed by atoms with Crippen molar-refractivity contribution >= 4 is 17.8 Å². The highest BCUT2D eigenvalue weighted by Crippen LogP contribution is 2.58. The number of hydrogen-bond donors (Lipinski definition) is 2. The van der Waals surface area contributed by atoms with Gasteiger partial charge < -0.3 is 24.8 Å². The van der Waals surface area contributed by atoms with Crippen molar-refractivity contribution in [3.8, 4) is 0 Å². The Morgan fingerprint density at radius 1 is 1.36 bits per heavy atom. The third-order valence-electron chi connectivity index (χ3n) is 6.10. The van der Waals surface area contributed by atoms with Gasteiger partial charge >= 0.3 is 5.97 Å². The topological polar surface area (TPSA) is 105 Å². The monoisotopic (exact) mass is 396 g/mol. The first-order valence-electron chi connectivity index (χ1n) is 10.4. The maximum atomic E-state index is 13.4. The number of hydrogen-bond acceptors (Lipinski definition) is 6. The average molecular weight is 396 g/mol. The molecule has 0 aliphatic carbocycles. The molecule has 3 aliphatic rings. The van der Waals surface area contributed by atoms with Gasteiger partial charge in [0.05, 0.1) is 24.5 Å². The highest BCUT2D eigenvalue weighted by atomic mass is 16.6. The summed E-state index contributed by atoms with van der Waals surface area (Å²) in [6.45, 7) is 6.26. The normalized spacial score (nSPS) is 33.5. The Kier molecular flexibility index (Phi) is 6.29. The Morgan fingerprint density at radius 2 is 2.11 bits per heavy atom. The zero-order valence-corrected chi connectivity index (χ0v) is 17.0. The highest BCUT2D eigenvalue weighted by molar-refractivity contribution is 5.98. The summed E-state index contributed by atoms with van der Waals surface area (Å²) in [5.41, 5.74) is -0.949. The van der Waals surface area contributed by atoms with Crippen LogP contribution in [-0.2, 0) is 23.9 Å². The van der Waals surface area contributed by atoms with Crippen LogP contribution < -0.4 is 5.32 Å². The van der Waals surface area contributed by atoms with Crippen molar-refractivity contribution in [1.29, 1.82) is 0 Å². The minimum Gasteiger partial charge on any atom is -0.466 e. The number of esters is 1.